The number of hydrogen-bond donors (Lipinski definition) is 2. The standard InChI is InChI=1S/C20H30N6S/c1-5-21-20(22-13-19-24-15(3)16(4)27-19)25-17-9-11-26(12-10-17)18-8-6-7-14(2)23-18/h6-8,17H,5,9-13H2,1-4H3,(H2,21,22,25). The lowest BCUT2D eigenvalue weighted by atomic mass is 10.1. The highest BCUT2D eigenvalue weighted by atomic mass is 32.1. The Morgan fingerprint density at radius 3 is 2.63 bits per heavy atom. The van der Waals surface area contributed by atoms with Crippen LogP contribution in [0.4, 0.5) is 5.82 Å². The summed E-state index contributed by atoms with van der Waals surface area (Å²) >= 11 is 1.73. The molecule has 3 heterocycles. The van der Waals surface area contributed by atoms with Crippen molar-refractivity contribution in [2.24, 2.45) is 4.99 Å². The van der Waals surface area contributed by atoms with Gasteiger partial charge < -0.3 is 15.5 Å². The predicted molar refractivity (Wildman–Crippen MR) is 114 cm³/mol. The van der Waals surface area contributed by atoms with Gasteiger partial charge in [-0.05, 0) is 52.7 Å². The van der Waals surface area contributed by atoms with E-state index in [-0.39, 0.29) is 0 Å². The molecule has 7 heteroatoms. The van der Waals surface area contributed by atoms with E-state index >= 15 is 0 Å². The topological polar surface area (TPSA) is 65.4 Å². The molecule has 0 spiro atoms. The number of rotatable bonds is 5. The highest BCUT2D eigenvalue weighted by molar-refractivity contribution is 7.11. The summed E-state index contributed by atoms with van der Waals surface area (Å²) in [5.41, 5.74) is 2.18. The molecule has 1 saturated heterocycles. The summed E-state index contributed by atoms with van der Waals surface area (Å²) in [5.74, 6) is 1.97. The predicted octanol–water partition coefficient (Wildman–Crippen LogP) is 3.19. The zero-order chi connectivity index (χ0) is 19.2. The molecule has 1 aliphatic rings. The number of aliphatic imine (C=N–C) groups is 1. The number of piperidine rings is 1. The van der Waals surface area contributed by atoms with Crippen molar-refractivity contribution in [1.82, 2.24) is 20.6 Å². The van der Waals surface area contributed by atoms with Crippen LogP contribution in [0.3, 0.4) is 0 Å². The van der Waals surface area contributed by atoms with Gasteiger partial charge in [0, 0.05) is 36.2 Å². The van der Waals surface area contributed by atoms with Crippen LogP contribution in [0.15, 0.2) is 23.2 Å². The fourth-order valence-corrected chi connectivity index (χ4v) is 4.08. The molecule has 1 fully saturated rings. The van der Waals surface area contributed by atoms with Gasteiger partial charge in [0.1, 0.15) is 10.8 Å². The second-order valence-corrected chi connectivity index (χ2v) is 8.27. The van der Waals surface area contributed by atoms with E-state index in [2.05, 4.69) is 58.4 Å². The van der Waals surface area contributed by atoms with Gasteiger partial charge in [0.25, 0.3) is 0 Å². The first kappa shape index (κ1) is 19.6. The van der Waals surface area contributed by atoms with E-state index in [0.717, 1.165) is 60.6 Å². The van der Waals surface area contributed by atoms with Crippen LogP contribution in [0, 0.1) is 20.8 Å². The average Bonchev–Trinajstić information content (AvgIpc) is 2.98. The molecule has 2 N–H and O–H groups in total. The van der Waals surface area contributed by atoms with Gasteiger partial charge in [-0.15, -0.1) is 11.3 Å². The van der Waals surface area contributed by atoms with Crippen LogP contribution in [0.25, 0.3) is 0 Å². The van der Waals surface area contributed by atoms with E-state index in [4.69, 9.17) is 4.99 Å². The molecule has 2 aromatic heterocycles. The van der Waals surface area contributed by atoms with E-state index in [1.807, 2.05) is 13.0 Å². The van der Waals surface area contributed by atoms with Crippen LogP contribution >= 0.6 is 11.3 Å². The molecular formula is C20H30N6S. The third-order valence-corrected chi connectivity index (χ3v) is 5.88. The van der Waals surface area contributed by atoms with E-state index in [9.17, 15) is 0 Å². The van der Waals surface area contributed by atoms with E-state index in [0.29, 0.717) is 12.6 Å². The quantitative estimate of drug-likeness (QED) is 0.610. The SMILES string of the molecule is CCNC(=NCc1nc(C)c(C)s1)NC1CCN(c2cccc(C)n2)CC1. The van der Waals surface area contributed by atoms with E-state index in [1.165, 1.54) is 4.88 Å². The summed E-state index contributed by atoms with van der Waals surface area (Å²) in [7, 11) is 0. The monoisotopic (exact) mass is 386 g/mol. The number of guanidine groups is 1. The minimum Gasteiger partial charge on any atom is -0.357 e. The van der Waals surface area contributed by atoms with Gasteiger partial charge in [-0.2, -0.15) is 0 Å². The summed E-state index contributed by atoms with van der Waals surface area (Å²) in [6, 6.07) is 6.66. The minimum absolute atomic E-state index is 0.434. The zero-order valence-corrected chi connectivity index (χ0v) is 17.6. The summed E-state index contributed by atoms with van der Waals surface area (Å²) in [4.78, 5) is 17.6. The maximum absolute atomic E-state index is 4.74. The number of nitrogens with one attached hydrogen (secondary N) is 2. The molecule has 0 aromatic carbocycles. The summed E-state index contributed by atoms with van der Waals surface area (Å²) in [6.07, 6.45) is 2.16. The van der Waals surface area contributed by atoms with Crippen LogP contribution in [-0.2, 0) is 6.54 Å². The molecule has 0 radical (unpaired) electrons. The highest BCUT2D eigenvalue weighted by Gasteiger charge is 2.21. The third-order valence-electron chi connectivity index (χ3n) is 4.82. The average molecular weight is 387 g/mol. The summed E-state index contributed by atoms with van der Waals surface area (Å²) in [6.45, 7) is 11.8. The van der Waals surface area contributed by atoms with Crippen molar-refractivity contribution in [3.8, 4) is 0 Å². The van der Waals surface area contributed by atoms with Crippen molar-refractivity contribution in [1.29, 1.82) is 0 Å². The largest absolute Gasteiger partial charge is 0.357 e. The van der Waals surface area contributed by atoms with Gasteiger partial charge in [0.2, 0.25) is 0 Å². The Hall–Kier alpha value is -2.15. The van der Waals surface area contributed by atoms with Gasteiger partial charge in [-0.3, -0.25) is 0 Å². The molecule has 0 atom stereocenters. The smallest absolute Gasteiger partial charge is 0.191 e. The number of nitrogens with zero attached hydrogens (tertiary/aromatic N) is 4. The Kier molecular flexibility index (Phi) is 6.66. The van der Waals surface area contributed by atoms with Crippen molar-refractivity contribution < 1.29 is 0 Å². The lowest BCUT2D eigenvalue weighted by molar-refractivity contribution is 0.459. The van der Waals surface area contributed by atoms with Gasteiger partial charge in [0.05, 0.1) is 12.2 Å². The first-order valence-corrected chi connectivity index (χ1v) is 10.5. The molecule has 0 bridgehead atoms. The second-order valence-electron chi connectivity index (χ2n) is 6.99. The highest BCUT2D eigenvalue weighted by Crippen LogP contribution is 2.19. The fourth-order valence-electron chi connectivity index (χ4n) is 3.22. The Morgan fingerprint density at radius 1 is 1.22 bits per heavy atom. The van der Waals surface area contributed by atoms with Crippen LogP contribution in [-0.4, -0.2) is 41.6 Å². The van der Waals surface area contributed by atoms with Gasteiger partial charge in [-0.1, -0.05) is 6.07 Å². The Balaban J connectivity index is 1.55. The van der Waals surface area contributed by atoms with Crippen LogP contribution in [0.2, 0.25) is 0 Å². The van der Waals surface area contributed by atoms with E-state index in [1.54, 1.807) is 11.3 Å². The first-order chi connectivity index (χ1) is 13.0. The molecule has 146 valence electrons. The van der Waals surface area contributed by atoms with Crippen molar-refractivity contribution in [3.63, 3.8) is 0 Å². The maximum Gasteiger partial charge on any atom is 0.191 e. The molecule has 6 nitrogen and oxygen atoms in total. The minimum atomic E-state index is 0.434. The molecule has 0 aliphatic carbocycles. The Labute approximate surface area is 166 Å². The van der Waals surface area contributed by atoms with Crippen LogP contribution < -0.4 is 15.5 Å². The van der Waals surface area contributed by atoms with Gasteiger partial charge >= 0.3 is 0 Å². The molecule has 0 amide bonds. The molecule has 0 saturated carbocycles. The maximum atomic E-state index is 4.74. The number of anilines is 1. The number of aromatic nitrogens is 2. The van der Waals surface area contributed by atoms with Crippen molar-refractivity contribution in [2.45, 2.75) is 53.1 Å². The Morgan fingerprint density at radius 2 is 2.00 bits per heavy atom. The second kappa shape index (κ2) is 9.17. The van der Waals surface area contributed by atoms with Crippen molar-refractivity contribution in [2.75, 3.05) is 24.5 Å². The number of aryl methyl sites for hydroxylation is 3. The number of thiazole rings is 1. The molecule has 0 unspecified atom stereocenters. The summed E-state index contributed by atoms with van der Waals surface area (Å²) in [5, 5.41) is 8.03. The summed E-state index contributed by atoms with van der Waals surface area (Å²) < 4.78 is 0. The molecule has 27 heavy (non-hydrogen) atoms. The number of hydrogen-bond acceptors (Lipinski definition) is 5. The van der Waals surface area contributed by atoms with Gasteiger partial charge in [-0.25, -0.2) is 15.0 Å². The number of pyridine rings is 1. The normalized spacial score (nSPS) is 15.9. The molecule has 3 rings (SSSR count). The molecular weight excluding hydrogens is 356 g/mol. The Bertz CT molecular complexity index is 757. The molecule has 1 aliphatic heterocycles. The van der Waals surface area contributed by atoms with E-state index < -0.39 is 0 Å². The van der Waals surface area contributed by atoms with Crippen molar-refractivity contribution >= 4 is 23.1 Å². The van der Waals surface area contributed by atoms with Crippen LogP contribution in [0.1, 0.15) is 41.0 Å². The first-order valence-electron chi connectivity index (χ1n) is 9.71. The zero-order valence-electron chi connectivity index (χ0n) is 16.7. The lowest BCUT2D eigenvalue weighted by Crippen LogP contribution is -2.48. The fraction of sp³-hybridized carbons (Fsp3) is 0.550. The lowest BCUT2D eigenvalue weighted by Gasteiger charge is -2.34. The van der Waals surface area contributed by atoms with Crippen molar-refractivity contribution in [3.05, 3.63) is 39.5 Å². The van der Waals surface area contributed by atoms with Gasteiger partial charge in [0.15, 0.2) is 5.96 Å². The third kappa shape index (κ3) is 5.42. The van der Waals surface area contributed by atoms with Crippen LogP contribution in [0.5, 0.6) is 0 Å². The molecule has 2 aromatic rings.